The number of hydrogen-bond donors (Lipinski definition) is 1. The Morgan fingerprint density at radius 1 is 1.05 bits per heavy atom. The number of carbonyl (C=O) groups is 2. The molecule has 1 fully saturated rings. The topological polar surface area (TPSA) is 77.5 Å². The Kier molecular flexibility index (Phi) is 6.86. The van der Waals surface area contributed by atoms with E-state index in [-0.39, 0.29) is 24.2 Å². The van der Waals surface area contributed by atoms with E-state index in [1.54, 1.807) is 12.1 Å². The third-order valence-corrected chi connectivity index (χ3v) is 9.18. The molecule has 2 aromatic carbocycles. The number of piperidine rings is 1. The molecule has 1 N–H and O–H groups in total. The number of amides is 1. The van der Waals surface area contributed by atoms with Gasteiger partial charge in [0.2, 0.25) is 11.8 Å². The van der Waals surface area contributed by atoms with Crippen molar-refractivity contribution < 1.29 is 19.1 Å². The lowest BCUT2D eigenvalue weighted by molar-refractivity contribution is -0.133. The molecule has 192 valence electrons. The maximum atomic E-state index is 13.5. The number of halogens is 1. The van der Waals surface area contributed by atoms with E-state index in [1.807, 2.05) is 71.4 Å². The first kappa shape index (κ1) is 25.0. The second kappa shape index (κ2) is 10.4. The van der Waals surface area contributed by atoms with Gasteiger partial charge in [-0.2, -0.15) is 11.3 Å². The van der Waals surface area contributed by atoms with Crippen LogP contribution in [-0.4, -0.2) is 28.5 Å². The van der Waals surface area contributed by atoms with Gasteiger partial charge in [0.05, 0.1) is 17.3 Å². The lowest BCUT2D eigenvalue weighted by Gasteiger charge is -2.39. The molecule has 0 saturated carbocycles. The number of pyridine rings is 1. The summed E-state index contributed by atoms with van der Waals surface area (Å²) < 4.78 is 12.1. The molecule has 0 spiro atoms. The van der Waals surface area contributed by atoms with Crippen molar-refractivity contribution in [1.82, 2.24) is 10.3 Å². The van der Waals surface area contributed by atoms with Crippen molar-refractivity contribution in [3.05, 3.63) is 105 Å². The minimum absolute atomic E-state index is 0.0636. The van der Waals surface area contributed by atoms with Crippen LogP contribution in [0.3, 0.4) is 0 Å². The van der Waals surface area contributed by atoms with Gasteiger partial charge >= 0.3 is 0 Å². The van der Waals surface area contributed by atoms with E-state index in [0.29, 0.717) is 34.5 Å². The van der Waals surface area contributed by atoms with Crippen molar-refractivity contribution in [3.63, 3.8) is 0 Å². The van der Waals surface area contributed by atoms with Crippen LogP contribution in [0.4, 0.5) is 0 Å². The molecule has 2 aromatic heterocycles. The van der Waals surface area contributed by atoms with Crippen LogP contribution in [0.5, 0.6) is 11.6 Å². The standard InChI is InChI=1S/C29H23ClN2O4S2/c30-20-7-2-4-9-24(20)38-27-21(33)16-29(32-28(27)34,18-13-15-37-17-18)25-10-5-11-26(31-25)36-23-12-14-35-22-8-3-1-6-19(22)23/h1-11,13,15,17,23,27H,12,14,16H2,(H,32,34). The van der Waals surface area contributed by atoms with Gasteiger partial charge in [-0.25, -0.2) is 4.98 Å². The molecule has 6 rings (SSSR count). The van der Waals surface area contributed by atoms with Gasteiger partial charge in [0.15, 0.2) is 5.78 Å². The number of nitrogens with one attached hydrogen (secondary N) is 1. The Hall–Kier alpha value is -3.33. The van der Waals surface area contributed by atoms with Crippen molar-refractivity contribution in [1.29, 1.82) is 0 Å². The number of nitrogens with zero attached hydrogens (tertiary/aromatic N) is 1. The van der Waals surface area contributed by atoms with Crippen LogP contribution in [0.15, 0.2) is 88.5 Å². The maximum Gasteiger partial charge on any atom is 0.242 e. The highest BCUT2D eigenvalue weighted by molar-refractivity contribution is 8.01. The van der Waals surface area contributed by atoms with E-state index < -0.39 is 10.8 Å². The predicted molar refractivity (Wildman–Crippen MR) is 148 cm³/mol. The Morgan fingerprint density at radius 3 is 2.71 bits per heavy atom. The van der Waals surface area contributed by atoms with Crippen molar-refractivity contribution in [2.24, 2.45) is 0 Å². The van der Waals surface area contributed by atoms with Gasteiger partial charge in [-0.05, 0) is 46.7 Å². The summed E-state index contributed by atoms with van der Waals surface area (Å²) in [6.45, 7) is 0.551. The van der Waals surface area contributed by atoms with E-state index in [2.05, 4.69) is 5.32 Å². The summed E-state index contributed by atoms with van der Waals surface area (Å²) in [6, 6.07) is 22.4. The van der Waals surface area contributed by atoms with E-state index in [9.17, 15) is 9.59 Å². The zero-order chi connectivity index (χ0) is 26.1. The predicted octanol–water partition coefficient (Wildman–Crippen LogP) is 6.19. The second-order valence-corrected chi connectivity index (χ2v) is 11.5. The number of thiophene rings is 1. The van der Waals surface area contributed by atoms with E-state index in [0.717, 1.165) is 16.9 Å². The first-order valence-corrected chi connectivity index (χ1v) is 14.4. The third kappa shape index (κ3) is 4.68. The Labute approximate surface area is 233 Å². The molecule has 1 amide bonds. The number of carbonyl (C=O) groups excluding carboxylic acids is 2. The van der Waals surface area contributed by atoms with Gasteiger partial charge in [0.25, 0.3) is 0 Å². The molecule has 4 aromatic rings. The monoisotopic (exact) mass is 562 g/mol. The summed E-state index contributed by atoms with van der Waals surface area (Å²) in [5.41, 5.74) is 1.24. The lowest BCUT2D eigenvalue weighted by Crippen LogP contribution is -2.58. The van der Waals surface area contributed by atoms with Crippen LogP contribution in [0.2, 0.25) is 5.02 Å². The van der Waals surface area contributed by atoms with Crippen LogP contribution in [-0.2, 0) is 15.1 Å². The average molecular weight is 563 g/mol. The first-order valence-electron chi connectivity index (χ1n) is 12.2. The summed E-state index contributed by atoms with van der Waals surface area (Å²) in [5.74, 6) is 0.676. The molecule has 4 heterocycles. The number of thioether (sulfide) groups is 1. The molecule has 3 atom stereocenters. The first-order chi connectivity index (χ1) is 18.5. The molecule has 2 aliphatic heterocycles. The fraction of sp³-hybridized carbons (Fsp3) is 0.207. The molecule has 0 radical (unpaired) electrons. The van der Waals surface area contributed by atoms with Crippen molar-refractivity contribution in [2.75, 3.05) is 6.61 Å². The highest BCUT2D eigenvalue weighted by atomic mass is 35.5. The van der Waals surface area contributed by atoms with Gasteiger partial charge < -0.3 is 14.8 Å². The Bertz CT molecular complexity index is 1480. The summed E-state index contributed by atoms with van der Waals surface area (Å²) in [7, 11) is 0. The quantitative estimate of drug-likeness (QED) is 0.282. The maximum absolute atomic E-state index is 13.5. The molecule has 9 heteroatoms. The minimum atomic E-state index is -1.10. The largest absolute Gasteiger partial charge is 0.493 e. The summed E-state index contributed by atoms with van der Waals surface area (Å²) in [4.78, 5) is 32.5. The van der Waals surface area contributed by atoms with Gasteiger partial charge in [-0.3, -0.25) is 9.59 Å². The molecule has 0 aliphatic carbocycles. The molecular weight excluding hydrogens is 540 g/mol. The SMILES string of the molecule is O=C1CC(c2ccsc2)(c2cccc(OC3CCOc4ccccc43)n2)NC(=O)C1Sc1ccccc1Cl. The van der Waals surface area contributed by atoms with Crippen LogP contribution in [0.25, 0.3) is 0 Å². The molecule has 0 bridgehead atoms. The van der Waals surface area contributed by atoms with Crippen molar-refractivity contribution in [3.8, 4) is 11.6 Å². The van der Waals surface area contributed by atoms with Gasteiger partial charge in [0.1, 0.15) is 22.6 Å². The number of Topliss-reactive ketones (excluding diaryl/α,β-unsaturated/α-hetero) is 1. The van der Waals surface area contributed by atoms with E-state index in [4.69, 9.17) is 26.1 Å². The van der Waals surface area contributed by atoms with Crippen LogP contribution in [0.1, 0.15) is 35.8 Å². The number of ketones is 1. The smallest absolute Gasteiger partial charge is 0.242 e. The number of aromatic nitrogens is 1. The van der Waals surface area contributed by atoms with E-state index >= 15 is 0 Å². The number of para-hydroxylation sites is 1. The fourth-order valence-electron chi connectivity index (χ4n) is 4.89. The van der Waals surface area contributed by atoms with Crippen molar-refractivity contribution in [2.45, 2.75) is 34.6 Å². The number of hydrogen-bond acceptors (Lipinski definition) is 7. The van der Waals surface area contributed by atoms with Crippen LogP contribution < -0.4 is 14.8 Å². The fourth-order valence-corrected chi connectivity index (χ4v) is 6.86. The Morgan fingerprint density at radius 2 is 1.89 bits per heavy atom. The summed E-state index contributed by atoms with van der Waals surface area (Å²) >= 11 is 8.98. The summed E-state index contributed by atoms with van der Waals surface area (Å²) in [6.07, 6.45) is 0.543. The number of rotatable bonds is 6. The summed E-state index contributed by atoms with van der Waals surface area (Å²) in [5, 5.41) is 6.64. The molecule has 6 nitrogen and oxygen atoms in total. The third-order valence-electron chi connectivity index (χ3n) is 6.73. The molecule has 2 aliphatic rings. The Balaban J connectivity index is 1.32. The zero-order valence-electron chi connectivity index (χ0n) is 20.1. The highest BCUT2D eigenvalue weighted by Gasteiger charge is 2.48. The molecule has 3 unspecified atom stereocenters. The molecular formula is C29H23ClN2O4S2. The lowest BCUT2D eigenvalue weighted by atomic mass is 9.79. The number of ether oxygens (including phenoxy) is 2. The molecule has 38 heavy (non-hydrogen) atoms. The molecule has 1 saturated heterocycles. The average Bonchev–Trinajstić information content (AvgIpc) is 3.48. The number of fused-ring (bicyclic) bond motifs is 1. The van der Waals surface area contributed by atoms with Gasteiger partial charge in [-0.1, -0.05) is 48.0 Å². The minimum Gasteiger partial charge on any atom is -0.493 e. The van der Waals surface area contributed by atoms with Gasteiger partial charge in [-0.15, -0.1) is 11.8 Å². The van der Waals surface area contributed by atoms with Crippen molar-refractivity contribution >= 4 is 46.4 Å². The number of benzene rings is 2. The van der Waals surface area contributed by atoms with Crippen LogP contribution in [0, 0.1) is 0 Å². The normalized spacial score (nSPS) is 22.8. The van der Waals surface area contributed by atoms with Crippen LogP contribution >= 0.6 is 34.7 Å². The zero-order valence-corrected chi connectivity index (χ0v) is 22.5. The highest BCUT2D eigenvalue weighted by Crippen LogP contribution is 2.42. The second-order valence-electron chi connectivity index (χ2n) is 9.12. The van der Waals surface area contributed by atoms with E-state index in [1.165, 1.54) is 23.1 Å². The van der Waals surface area contributed by atoms with Gasteiger partial charge in [0, 0.05) is 29.4 Å².